The van der Waals surface area contributed by atoms with Crippen LogP contribution < -0.4 is 0 Å². The van der Waals surface area contributed by atoms with Gasteiger partial charge in [-0.2, -0.15) is 0 Å². The number of aromatic nitrogens is 3. The molecule has 0 unspecified atom stereocenters. The maximum absolute atomic E-state index is 10.9. The van der Waals surface area contributed by atoms with Crippen LogP contribution in [0.5, 0.6) is 0 Å². The van der Waals surface area contributed by atoms with Crippen LogP contribution in [0.15, 0.2) is 29.4 Å². The Hall–Kier alpha value is -1.86. The highest BCUT2D eigenvalue weighted by Gasteiger charge is 2.24. The number of carboxylic acids is 1. The summed E-state index contributed by atoms with van der Waals surface area (Å²) in [6.45, 7) is 7.06. The molecule has 1 aliphatic rings. The minimum atomic E-state index is -0.821. The molecule has 0 bridgehead atoms. The molecule has 0 fully saturated rings. The first-order chi connectivity index (χ1) is 10.8. The van der Waals surface area contributed by atoms with Gasteiger partial charge in [0.25, 0.3) is 0 Å². The van der Waals surface area contributed by atoms with Gasteiger partial charge in [-0.15, -0.1) is 10.2 Å². The monoisotopic (exact) mass is 332 g/mol. The second-order valence-electron chi connectivity index (χ2n) is 6.70. The lowest BCUT2D eigenvalue weighted by molar-refractivity contribution is -0.138. The Kier molecular flexibility index (Phi) is 4.16. The summed E-state index contributed by atoms with van der Waals surface area (Å²) in [4.78, 5) is 12.8. The van der Waals surface area contributed by atoms with Crippen LogP contribution in [0.2, 0.25) is 0 Å². The first kappa shape index (κ1) is 16.0. The van der Waals surface area contributed by atoms with Crippen molar-refractivity contribution in [3.63, 3.8) is 0 Å². The molecule has 2 heterocycles. The van der Waals surface area contributed by atoms with E-state index in [4.69, 9.17) is 5.11 Å². The third kappa shape index (κ3) is 3.40. The van der Waals surface area contributed by atoms with Crippen molar-refractivity contribution in [3.05, 3.63) is 29.8 Å². The molecule has 2 aromatic rings. The minimum Gasteiger partial charge on any atom is -0.480 e. The summed E-state index contributed by atoms with van der Waals surface area (Å²) in [7, 11) is 0. The zero-order valence-corrected chi connectivity index (χ0v) is 14.3. The summed E-state index contributed by atoms with van der Waals surface area (Å²) >= 11 is 1.51. The largest absolute Gasteiger partial charge is 0.480 e. The number of nitrogens with zero attached hydrogens (tertiary/aromatic N) is 4. The van der Waals surface area contributed by atoms with Crippen LogP contribution in [0, 0.1) is 0 Å². The van der Waals surface area contributed by atoms with Gasteiger partial charge in [-0.1, -0.05) is 56.8 Å². The molecule has 1 aliphatic heterocycles. The maximum Gasteiger partial charge on any atom is 0.317 e. The van der Waals surface area contributed by atoms with E-state index in [-0.39, 0.29) is 12.0 Å². The summed E-state index contributed by atoms with van der Waals surface area (Å²) in [6, 6.07) is 8.33. The number of rotatable bonds is 3. The molecular formula is C16H20N4O2S. The highest BCUT2D eigenvalue weighted by atomic mass is 32.2. The molecule has 0 atom stereocenters. The Morgan fingerprint density at radius 2 is 1.96 bits per heavy atom. The van der Waals surface area contributed by atoms with Crippen LogP contribution in [0.1, 0.15) is 26.3 Å². The van der Waals surface area contributed by atoms with Crippen molar-refractivity contribution in [2.45, 2.75) is 38.0 Å². The van der Waals surface area contributed by atoms with E-state index in [0.29, 0.717) is 12.5 Å². The van der Waals surface area contributed by atoms with E-state index in [1.54, 1.807) is 0 Å². The molecule has 3 rings (SSSR count). The SMILES string of the molecule is CC(C)(C)c1ccc(-c2nnc3n2CN(CC(=O)O)CS3)cc1. The predicted molar refractivity (Wildman–Crippen MR) is 89.2 cm³/mol. The minimum absolute atomic E-state index is 0.0209. The van der Waals surface area contributed by atoms with Gasteiger partial charge in [0.15, 0.2) is 11.0 Å². The van der Waals surface area contributed by atoms with Gasteiger partial charge in [0, 0.05) is 5.56 Å². The molecule has 122 valence electrons. The molecule has 1 N–H and O–H groups in total. The van der Waals surface area contributed by atoms with Crippen LogP contribution in [-0.4, -0.2) is 43.2 Å². The van der Waals surface area contributed by atoms with Crippen LogP contribution in [0.3, 0.4) is 0 Å². The van der Waals surface area contributed by atoms with Crippen molar-refractivity contribution in [1.82, 2.24) is 19.7 Å². The molecule has 23 heavy (non-hydrogen) atoms. The van der Waals surface area contributed by atoms with Gasteiger partial charge in [0.2, 0.25) is 0 Å². The van der Waals surface area contributed by atoms with E-state index in [1.165, 1.54) is 17.3 Å². The number of carboxylic acid groups (broad SMARTS) is 1. The zero-order chi connectivity index (χ0) is 16.6. The number of hydrogen-bond acceptors (Lipinski definition) is 5. The smallest absolute Gasteiger partial charge is 0.317 e. The summed E-state index contributed by atoms with van der Waals surface area (Å²) in [5, 5.41) is 18.3. The lowest BCUT2D eigenvalue weighted by atomic mass is 9.87. The van der Waals surface area contributed by atoms with Crippen LogP contribution >= 0.6 is 11.8 Å². The maximum atomic E-state index is 10.9. The number of hydrogen-bond donors (Lipinski definition) is 1. The molecule has 1 aromatic carbocycles. The number of thioether (sulfide) groups is 1. The second-order valence-corrected chi connectivity index (χ2v) is 7.61. The Morgan fingerprint density at radius 1 is 1.26 bits per heavy atom. The van der Waals surface area contributed by atoms with Gasteiger partial charge >= 0.3 is 5.97 Å². The van der Waals surface area contributed by atoms with Crippen molar-refractivity contribution in [3.8, 4) is 11.4 Å². The number of carbonyl (C=O) groups is 1. The molecule has 7 heteroatoms. The third-order valence-corrected chi connectivity index (χ3v) is 4.86. The van der Waals surface area contributed by atoms with Crippen molar-refractivity contribution in [2.75, 3.05) is 12.4 Å². The second kappa shape index (κ2) is 5.98. The van der Waals surface area contributed by atoms with E-state index in [2.05, 4.69) is 55.2 Å². The fourth-order valence-corrected chi connectivity index (χ4v) is 3.40. The molecule has 0 radical (unpaired) electrons. The fourth-order valence-electron chi connectivity index (χ4n) is 2.53. The molecule has 0 spiro atoms. The average molecular weight is 332 g/mol. The fraction of sp³-hybridized carbons (Fsp3) is 0.438. The van der Waals surface area contributed by atoms with Crippen molar-refractivity contribution < 1.29 is 9.90 Å². The van der Waals surface area contributed by atoms with Gasteiger partial charge in [0.05, 0.1) is 19.1 Å². The highest BCUT2D eigenvalue weighted by Crippen LogP contribution is 2.30. The molecule has 1 aromatic heterocycles. The first-order valence-corrected chi connectivity index (χ1v) is 8.44. The first-order valence-electron chi connectivity index (χ1n) is 7.45. The molecular weight excluding hydrogens is 312 g/mol. The summed E-state index contributed by atoms with van der Waals surface area (Å²) in [5.41, 5.74) is 2.37. The zero-order valence-electron chi connectivity index (χ0n) is 13.5. The molecule has 0 aliphatic carbocycles. The molecule has 0 saturated carbocycles. The summed E-state index contributed by atoms with van der Waals surface area (Å²) in [5.74, 6) is 0.578. The quantitative estimate of drug-likeness (QED) is 0.932. The summed E-state index contributed by atoms with van der Waals surface area (Å²) < 4.78 is 1.98. The molecule has 6 nitrogen and oxygen atoms in total. The van der Waals surface area contributed by atoms with Gasteiger partial charge in [-0.3, -0.25) is 14.3 Å². The topological polar surface area (TPSA) is 71.2 Å². The number of fused-ring (bicyclic) bond motifs is 1. The van der Waals surface area contributed by atoms with Gasteiger partial charge in [0.1, 0.15) is 0 Å². The van der Waals surface area contributed by atoms with Crippen LogP contribution in [0.4, 0.5) is 0 Å². The third-order valence-electron chi connectivity index (χ3n) is 3.80. The van der Waals surface area contributed by atoms with E-state index >= 15 is 0 Å². The Labute approximate surface area is 139 Å². The predicted octanol–water partition coefficient (Wildman–Crippen LogP) is 2.65. The van der Waals surface area contributed by atoms with E-state index in [1.807, 2.05) is 9.47 Å². The van der Waals surface area contributed by atoms with Gasteiger partial charge in [-0.05, 0) is 11.0 Å². The van der Waals surface area contributed by atoms with Crippen molar-refractivity contribution in [2.24, 2.45) is 0 Å². The van der Waals surface area contributed by atoms with E-state index < -0.39 is 5.97 Å². The van der Waals surface area contributed by atoms with E-state index in [0.717, 1.165) is 16.5 Å². The lowest BCUT2D eigenvalue weighted by Crippen LogP contribution is -2.34. The van der Waals surface area contributed by atoms with Crippen LogP contribution in [-0.2, 0) is 16.9 Å². The Bertz CT molecular complexity index is 719. The van der Waals surface area contributed by atoms with Crippen molar-refractivity contribution >= 4 is 17.7 Å². The number of aliphatic carboxylic acids is 1. The van der Waals surface area contributed by atoms with Crippen molar-refractivity contribution in [1.29, 1.82) is 0 Å². The van der Waals surface area contributed by atoms with E-state index in [9.17, 15) is 4.79 Å². The molecule has 0 amide bonds. The summed E-state index contributed by atoms with van der Waals surface area (Å²) in [6.07, 6.45) is 0. The Morgan fingerprint density at radius 3 is 2.57 bits per heavy atom. The lowest BCUT2D eigenvalue weighted by Gasteiger charge is -2.26. The normalized spacial score (nSPS) is 15.4. The average Bonchev–Trinajstić information content (AvgIpc) is 2.89. The Balaban J connectivity index is 1.88. The van der Waals surface area contributed by atoms with Crippen LogP contribution in [0.25, 0.3) is 11.4 Å². The van der Waals surface area contributed by atoms with Gasteiger partial charge in [-0.25, -0.2) is 0 Å². The van der Waals surface area contributed by atoms with Gasteiger partial charge < -0.3 is 5.11 Å². The number of benzene rings is 1. The standard InChI is InChI=1S/C16H20N4O2S/c1-16(2,3)12-6-4-11(5-7-12)14-17-18-15-20(14)9-19(10-23-15)8-13(21)22/h4-7H,8-10H2,1-3H3,(H,21,22). The molecule has 0 saturated heterocycles. The highest BCUT2D eigenvalue weighted by molar-refractivity contribution is 7.99.